The van der Waals surface area contributed by atoms with E-state index in [4.69, 9.17) is 9.15 Å². The lowest BCUT2D eigenvalue weighted by Crippen LogP contribution is -2.52. The Morgan fingerprint density at radius 2 is 1.90 bits per heavy atom. The number of hydrogen-bond acceptors (Lipinski definition) is 8. The number of imide groups is 1. The largest absolute Gasteiger partial charge is 0.491 e. The summed E-state index contributed by atoms with van der Waals surface area (Å²) in [5.41, 5.74) is 2.64. The normalized spacial score (nSPS) is 20.9. The fraction of sp³-hybridized carbons (Fsp3) is 0.379. The number of piperidine rings is 2. The number of amides is 4. The molecule has 2 saturated heterocycles. The van der Waals surface area contributed by atoms with Crippen molar-refractivity contribution in [3.05, 3.63) is 65.0 Å². The number of carbonyl (C=O) groups excluding carboxylic acids is 4. The van der Waals surface area contributed by atoms with E-state index in [1.807, 2.05) is 11.0 Å². The van der Waals surface area contributed by atoms with Gasteiger partial charge in [0.15, 0.2) is 0 Å². The zero-order valence-corrected chi connectivity index (χ0v) is 22.1. The summed E-state index contributed by atoms with van der Waals surface area (Å²) in [4.78, 5) is 53.6. The average molecular weight is 544 g/mol. The van der Waals surface area contributed by atoms with Crippen molar-refractivity contribution in [2.45, 2.75) is 57.7 Å². The maximum atomic E-state index is 13.4. The summed E-state index contributed by atoms with van der Waals surface area (Å²) in [5.74, 6) is 0.475. The quantitative estimate of drug-likeness (QED) is 0.469. The second-order valence-corrected chi connectivity index (χ2v) is 10.4. The van der Waals surface area contributed by atoms with Crippen LogP contribution < -0.4 is 10.1 Å². The first-order valence-electron chi connectivity index (χ1n) is 13.5. The fourth-order valence-corrected chi connectivity index (χ4v) is 5.61. The SMILES string of the molecule is Cc1nnc(-c2ccc(C(=O)N3CCCC[C@H]3COc3ccc4c(c3)CN(C3CCC(=O)NC3=O)C4=O)cc2)o1. The lowest BCUT2D eigenvalue weighted by Gasteiger charge is -2.35. The highest BCUT2D eigenvalue weighted by Crippen LogP contribution is 2.31. The topological polar surface area (TPSA) is 135 Å². The molecule has 0 bridgehead atoms. The van der Waals surface area contributed by atoms with E-state index in [2.05, 4.69) is 15.5 Å². The Bertz CT molecular complexity index is 1480. The second-order valence-electron chi connectivity index (χ2n) is 10.4. The van der Waals surface area contributed by atoms with E-state index < -0.39 is 11.9 Å². The summed E-state index contributed by atoms with van der Waals surface area (Å²) < 4.78 is 11.6. The minimum atomic E-state index is -0.658. The van der Waals surface area contributed by atoms with Crippen LogP contribution in [0.25, 0.3) is 11.5 Å². The third-order valence-electron chi connectivity index (χ3n) is 7.73. The number of carbonyl (C=O) groups is 4. The molecular formula is C29H29N5O6. The molecule has 206 valence electrons. The van der Waals surface area contributed by atoms with Gasteiger partial charge < -0.3 is 19.0 Å². The van der Waals surface area contributed by atoms with E-state index in [9.17, 15) is 19.2 Å². The van der Waals surface area contributed by atoms with Gasteiger partial charge in [0.25, 0.3) is 11.8 Å². The molecule has 2 aromatic carbocycles. The molecule has 0 saturated carbocycles. The summed E-state index contributed by atoms with van der Waals surface area (Å²) in [6.45, 7) is 2.99. The first-order chi connectivity index (χ1) is 19.4. The van der Waals surface area contributed by atoms with Crippen molar-refractivity contribution in [2.24, 2.45) is 0 Å². The number of likely N-dealkylation sites (tertiary alicyclic amines) is 1. The third kappa shape index (κ3) is 4.94. The Morgan fingerprint density at radius 1 is 1.07 bits per heavy atom. The molecule has 0 radical (unpaired) electrons. The molecule has 3 aromatic rings. The first-order valence-corrected chi connectivity index (χ1v) is 13.5. The van der Waals surface area contributed by atoms with Crippen LogP contribution in [0.5, 0.6) is 5.75 Å². The molecule has 1 unspecified atom stereocenters. The standard InChI is InChI=1S/C29H29N5O6/c1-17-31-32-27(40-17)18-5-7-19(8-6-18)28(37)33-13-3-2-4-21(33)16-39-22-9-10-23-20(14-22)15-34(29(23)38)24-11-12-25(35)30-26(24)36/h5-10,14,21,24H,2-4,11-13,15-16H2,1H3,(H,30,35,36)/t21-,24?/m0/s1. The number of ether oxygens (including phenoxy) is 1. The average Bonchev–Trinajstić information content (AvgIpc) is 3.54. The summed E-state index contributed by atoms with van der Waals surface area (Å²) >= 11 is 0. The van der Waals surface area contributed by atoms with Gasteiger partial charge in [0, 0.05) is 43.1 Å². The summed E-state index contributed by atoms with van der Waals surface area (Å²) in [6, 6.07) is 11.7. The smallest absolute Gasteiger partial charge is 0.255 e. The van der Waals surface area contributed by atoms with Gasteiger partial charge in [-0.2, -0.15) is 0 Å². The molecule has 0 spiro atoms. The Morgan fingerprint density at radius 3 is 2.65 bits per heavy atom. The highest BCUT2D eigenvalue weighted by atomic mass is 16.5. The van der Waals surface area contributed by atoms with Gasteiger partial charge in [0.05, 0.1) is 6.04 Å². The number of fused-ring (bicyclic) bond motifs is 1. The van der Waals surface area contributed by atoms with Crippen LogP contribution in [0.4, 0.5) is 0 Å². The highest BCUT2D eigenvalue weighted by Gasteiger charge is 2.39. The van der Waals surface area contributed by atoms with Gasteiger partial charge >= 0.3 is 0 Å². The third-order valence-corrected chi connectivity index (χ3v) is 7.73. The van der Waals surface area contributed by atoms with E-state index in [1.165, 1.54) is 4.90 Å². The van der Waals surface area contributed by atoms with Crippen molar-refractivity contribution in [3.8, 4) is 17.2 Å². The second kappa shape index (κ2) is 10.6. The number of nitrogens with zero attached hydrogens (tertiary/aromatic N) is 4. The molecule has 2 atom stereocenters. The maximum Gasteiger partial charge on any atom is 0.255 e. The van der Waals surface area contributed by atoms with Crippen molar-refractivity contribution in [2.75, 3.05) is 13.2 Å². The van der Waals surface area contributed by atoms with E-state index in [0.717, 1.165) is 30.4 Å². The van der Waals surface area contributed by atoms with E-state index in [0.29, 0.717) is 48.2 Å². The molecule has 4 heterocycles. The number of aryl methyl sites for hydroxylation is 1. The van der Waals surface area contributed by atoms with Crippen LogP contribution in [0.1, 0.15) is 64.3 Å². The van der Waals surface area contributed by atoms with Crippen LogP contribution in [0.2, 0.25) is 0 Å². The van der Waals surface area contributed by atoms with Crippen LogP contribution in [-0.4, -0.2) is 68.9 Å². The molecule has 1 aromatic heterocycles. The number of aromatic nitrogens is 2. The monoisotopic (exact) mass is 543 g/mol. The predicted octanol–water partition coefficient (Wildman–Crippen LogP) is 2.88. The molecule has 11 nitrogen and oxygen atoms in total. The van der Waals surface area contributed by atoms with Gasteiger partial charge in [0.2, 0.25) is 23.6 Å². The van der Waals surface area contributed by atoms with Crippen LogP contribution >= 0.6 is 0 Å². The number of nitrogens with one attached hydrogen (secondary N) is 1. The molecule has 4 amide bonds. The van der Waals surface area contributed by atoms with Gasteiger partial charge in [0.1, 0.15) is 18.4 Å². The fourth-order valence-electron chi connectivity index (χ4n) is 5.61. The Kier molecular flexibility index (Phi) is 6.79. The Balaban J connectivity index is 1.11. The lowest BCUT2D eigenvalue weighted by molar-refractivity contribution is -0.136. The van der Waals surface area contributed by atoms with Gasteiger partial charge in [-0.25, -0.2) is 0 Å². The number of benzene rings is 2. The molecule has 11 heteroatoms. The van der Waals surface area contributed by atoms with Gasteiger partial charge in [-0.3, -0.25) is 24.5 Å². The van der Waals surface area contributed by atoms with Crippen molar-refractivity contribution >= 4 is 23.6 Å². The zero-order valence-electron chi connectivity index (χ0n) is 22.1. The van der Waals surface area contributed by atoms with Crippen LogP contribution in [0.15, 0.2) is 46.9 Å². The van der Waals surface area contributed by atoms with Crippen LogP contribution in [0.3, 0.4) is 0 Å². The van der Waals surface area contributed by atoms with Crippen LogP contribution in [0, 0.1) is 6.92 Å². The predicted molar refractivity (Wildman–Crippen MR) is 141 cm³/mol. The Labute approximate surface area is 230 Å². The molecule has 1 N–H and O–H groups in total. The Hall–Kier alpha value is -4.54. The zero-order chi connectivity index (χ0) is 27.8. The first kappa shape index (κ1) is 25.7. The summed E-state index contributed by atoms with van der Waals surface area (Å²) in [5, 5.41) is 10.2. The van der Waals surface area contributed by atoms with Gasteiger partial charge in [-0.1, -0.05) is 0 Å². The highest BCUT2D eigenvalue weighted by molar-refractivity contribution is 6.05. The summed E-state index contributed by atoms with van der Waals surface area (Å²) in [7, 11) is 0. The lowest BCUT2D eigenvalue weighted by atomic mass is 10.0. The number of hydrogen-bond donors (Lipinski definition) is 1. The molecule has 6 rings (SSSR count). The van der Waals surface area contributed by atoms with Gasteiger partial charge in [-0.05, 0) is 73.7 Å². The molecule has 3 aliphatic rings. The van der Waals surface area contributed by atoms with E-state index in [-0.39, 0.29) is 36.7 Å². The molecule has 2 fully saturated rings. The molecular weight excluding hydrogens is 514 g/mol. The van der Waals surface area contributed by atoms with E-state index in [1.54, 1.807) is 43.3 Å². The van der Waals surface area contributed by atoms with Crippen molar-refractivity contribution in [3.63, 3.8) is 0 Å². The number of rotatable bonds is 6. The molecule has 40 heavy (non-hydrogen) atoms. The maximum absolute atomic E-state index is 13.4. The minimum Gasteiger partial charge on any atom is -0.491 e. The van der Waals surface area contributed by atoms with Crippen molar-refractivity contribution in [1.29, 1.82) is 0 Å². The molecule has 0 aliphatic carbocycles. The van der Waals surface area contributed by atoms with Gasteiger partial charge in [-0.15, -0.1) is 10.2 Å². The van der Waals surface area contributed by atoms with Crippen molar-refractivity contribution < 1.29 is 28.3 Å². The van der Waals surface area contributed by atoms with E-state index >= 15 is 0 Å². The molecule has 3 aliphatic heterocycles. The summed E-state index contributed by atoms with van der Waals surface area (Å²) in [6.07, 6.45) is 3.30. The minimum absolute atomic E-state index is 0.0546. The van der Waals surface area contributed by atoms with Crippen molar-refractivity contribution in [1.82, 2.24) is 25.3 Å². The van der Waals surface area contributed by atoms with Crippen LogP contribution in [-0.2, 0) is 16.1 Å².